The first-order valence-corrected chi connectivity index (χ1v) is 11.1. The molecule has 0 saturated heterocycles. The molecule has 0 bridgehead atoms. The molecular formula is C24H22N4O3S. The van der Waals surface area contributed by atoms with Gasteiger partial charge < -0.3 is 15.0 Å². The molecule has 0 atom stereocenters. The van der Waals surface area contributed by atoms with E-state index in [0.717, 1.165) is 21.6 Å². The second kappa shape index (κ2) is 10.1. The van der Waals surface area contributed by atoms with Crippen molar-refractivity contribution in [1.29, 1.82) is 5.26 Å². The van der Waals surface area contributed by atoms with Crippen LogP contribution in [0.3, 0.4) is 0 Å². The van der Waals surface area contributed by atoms with Crippen LogP contribution in [0.1, 0.15) is 33.6 Å². The predicted molar refractivity (Wildman–Crippen MR) is 121 cm³/mol. The van der Waals surface area contributed by atoms with Crippen LogP contribution in [0, 0.1) is 11.3 Å². The number of hydrogen-bond donors (Lipinski definition) is 1. The lowest BCUT2D eigenvalue weighted by molar-refractivity contribution is -0.116. The first-order valence-electron chi connectivity index (χ1n) is 10.3. The molecule has 7 nitrogen and oxygen atoms in total. The largest absolute Gasteiger partial charge is 0.445 e. The van der Waals surface area contributed by atoms with Gasteiger partial charge in [-0.1, -0.05) is 30.3 Å². The number of thiophene rings is 1. The fraction of sp³-hybridized carbons (Fsp3) is 0.250. The molecule has 1 aromatic carbocycles. The van der Waals surface area contributed by atoms with Crippen molar-refractivity contribution in [2.75, 3.05) is 11.9 Å². The van der Waals surface area contributed by atoms with Gasteiger partial charge in [-0.2, -0.15) is 5.26 Å². The summed E-state index contributed by atoms with van der Waals surface area (Å²) in [6.45, 7) is 1.01. The predicted octanol–water partition coefficient (Wildman–Crippen LogP) is 4.28. The lowest BCUT2D eigenvalue weighted by Gasteiger charge is -2.26. The van der Waals surface area contributed by atoms with Crippen molar-refractivity contribution in [2.45, 2.75) is 32.4 Å². The molecule has 2 amide bonds. The third-order valence-corrected chi connectivity index (χ3v) is 6.41. The first kappa shape index (κ1) is 21.5. The molecule has 32 heavy (non-hydrogen) atoms. The van der Waals surface area contributed by atoms with Gasteiger partial charge in [0.1, 0.15) is 17.7 Å². The molecular weight excluding hydrogens is 424 g/mol. The molecule has 8 heteroatoms. The van der Waals surface area contributed by atoms with E-state index in [4.69, 9.17) is 4.74 Å². The number of ether oxygens (including phenoxy) is 1. The van der Waals surface area contributed by atoms with Gasteiger partial charge >= 0.3 is 6.09 Å². The van der Waals surface area contributed by atoms with Crippen molar-refractivity contribution in [3.8, 4) is 6.07 Å². The Labute approximate surface area is 190 Å². The van der Waals surface area contributed by atoms with E-state index < -0.39 is 6.09 Å². The molecule has 0 spiro atoms. The molecule has 3 aromatic rings. The molecule has 1 aliphatic heterocycles. The number of rotatable bonds is 6. The van der Waals surface area contributed by atoms with Crippen LogP contribution in [-0.4, -0.2) is 28.4 Å². The van der Waals surface area contributed by atoms with E-state index in [9.17, 15) is 14.9 Å². The fourth-order valence-electron chi connectivity index (χ4n) is 3.57. The number of nitrogens with zero attached hydrogens (tertiary/aromatic N) is 3. The van der Waals surface area contributed by atoms with Crippen molar-refractivity contribution < 1.29 is 14.3 Å². The number of nitrogens with one attached hydrogen (secondary N) is 1. The van der Waals surface area contributed by atoms with Crippen molar-refractivity contribution in [1.82, 2.24) is 9.88 Å². The van der Waals surface area contributed by atoms with Gasteiger partial charge in [-0.25, -0.2) is 4.79 Å². The average Bonchev–Trinajstić information content (AvgIpc) is 3.18. The van der Waals surface area contributed by atoms with E-state index in [2.05, 4.69) is 16.4 Å². The Kier molecular flexibility index (Phi) is 6.78. The lowest BCUT2D eigenvalue weighted by atomic mass is 10.0. The Morgan fingerprint density at radius 3 is 2.69 bits per heavy atom. The molecule has 2 aromatic heterocycles. The first-order chi connectivity index (χ1) is 15.6. The molecule has 162 valence electrons. The zero-order valence-electron chi connectivity index (χ0n) is 17.4. The molecule has 3 heterocycles. The maximum absolute atomic E-state index is 12.5. The van der Waals surface area contributed by atoms with Gasteiger partial charge in [-0.15, -0.1) is 11.3 Å². The normalized spacial score (nSPS) is 12.5. The minimum Gasteiger partial charge on any atom is -0.445 e. The van der Waals surface area contributed by atoms with Gasteiger partial charge in [0.05, 0.1) is 12.1 Å². The smallest absolute Gasteiger partial charge is 0.410 e. The Balaban J connectivity index is 1.37. The maximum Gasteiger partial charge on any atom is 0.410 e. The van der Waals surface area contributed by atoms with Crippen LogP contribution >= 0.6 is 11.3 Å². The number of aryl methyl sites for hydroxylation is 1. The van der Waals surface area contributed by atoms with E-state index in [0.29, 0.717) is 42.9 Å². The quantitative estimate of drug-likeness (QED) is 0.610. The van der Waals surface area contributed by atoms with Crippen LogP contribution in [-0.2, 0) is 35.5 Å². The monoisotopic (exact) mass is 446 g/mol. The summed E-state index contributed by atoms with van der Waals surface area (Å²) >= 11 is 1.36. The maximum atomic E-state index is 12.5. The second-order valence-electron chi connectivity index (χ2n) is 7.44. The van der Waals surface area contributed by atoms with E-state index in [1.807, 2.05) is 30.3 Å². The number of carbonyl (C=O) groups excluding carboxylic acids is 2. The summed E-state index contributed by atoms with van der Waals surface area (Å²) in [4.78, 5) is 31.4. The average molecular weight is 447 g/mol. The van der Waals surface area contributed by atoms with Crippen LogP contribution in [0.4, 0.5) is 9.80 Å². The zero-order valence-corrected chi connectivity index (χ0v) is 18.2. The van der Waals surface area contributed by atoms with Gasteiger partial charge in [0.2, 0.25) is 5.91 Å². The van der Waals surface area contributed by atoms with E-state index in [1.165, 1.54) is 11.3 Å². The summed E-state index contributed by atoms with van der Waals surface area (Å²) in [6, 6.07) is 15.6. The van der Waals surface area contributed by atoms with Crippen LogP contribution in [0.5, 0.6) is 0 Å². The number of nitriles is 1. The molecule has 0 radical (unpaired) electrons. The van der Waals surface area contributed by atoms with E-state index in [-0.39, 0.29) is 12.5 Å². The summed E-state index contributed by atoms with van der Waals surface area (Å²) in [5.74, 6) is -0.127. The number of hydrogen-bond acceptors (Lipinski definition) is 6. The molecule has 0 fully saturated rings. The summed E-state index contributed by atoms with van der Waals surface area (Å²) in [5, 5.41) is 13.1. The third kappa shape index (κ3) is 5.13. The van der Waals surface area contributed by atoms with Crippen molar-refractivity contribution >= 4 is 28.3 Å². The van der Waals surface area contributed by atoms with Gasteiger partial charge in [0.25, 0.3) is 0 Å². The number of benzene rings is 1. The van der Waals surface area contributed by atoms with Gasteiger partial charge in [-0.05, 0) is 41.7 Å². The number of pyridine rings is 1. The molecule has 0 saturated carbocycles. The highest BCUT2D eigenvalue weighted by molar-refractivity contribution is 7.16. The van der Waals surface area contributed by atoms with Gasteiger partial charge in [0, 0.05) is 30.2 Å². The van der Waals surface area contributed by atoms with E-state index >= 15 is 0 Å². The van der Waals surface area contributed by atoms with Crippen molar-refractivity contribution in [3.05, 3.63) is 82.0 Å². The summed E-state index contributed by atoms with van der Waals surface area (Å²) in [5.41, 5.74) is 3.38. The van der Waals surface area contributed by atoms with Crippen molar-refractivity contribution in [2.24, 2.45) is 0 Å². The standard InChI is InChI=1S/C24H22N4O3S/c25-14-20-19-10-13-28(24(30)31-16-18-8-11-26-12-9-18)15-21(19)32-23(20)27-22(29)7-6-17-4-2-1-3-5-17/h1-5,8-9,11-12H,6-7,10,13,15-16H2,(H,27,29). The molecule has 1 N–H and O–H groups in total. The summed E-state index contributed by atoms with van der Waals surface area (Å²) in [6.07, 6.45) is 4.44. The minimum absolute atomic E-state index is 0.127. The summed E-state index contributed by atoms with van der Waals surface area (Å²) < 4.78 is 5.41. The Hall–Kier alpha value is -3.70. The zero-order chi connectivity index (χ0) is 22.3. The molecule has 1 aliphatic rings. The highest BCUT2D eigenvalue weighted by Crippen LogP contribution is 2.37. The Morgan fingerprint density at radius 1 is 1.16 bits per heavy atom. The number of carbonyl (C=O) groups is 2. The number of amides is 2. The second-order valence-corrected chi connectivity index (χ2v) is 8.54. The van der Waals surface area contributed by atoms with Crippen molar-refractivity contribution in [3.63, 3.8) is 0 Å². The fourth-order valence-corrected chi connectivity index (χ4v) is 4.80. The van der Waals surface area contributed by atoms with Crippen LogP contribution < -0.4 is 5.32 Å². The highest BCUT2D eigenvalue weighted by Gasteiger charge is 2.28. The van der Waals surface area contributed by atoms with E-state index in [1.54, 1.807) is 29.4 Å². The number of anilines is 1. The van der Waals surface area contributed by atoms with Gasteiger partial charge in [0.15, 0.2) is 0 Å². The Morgan fingerprint density at radius 2 is 1.94 bits per heavy atom. The summed E-state index contributed by atoms with van der Waals surface area (Å²) in [7, 11) is 0. The van der Waals surface area contributed by atoms with Gasteiger partial charge in [-0.3, -0.25) is 9.78 Å². The third-order valence-electron chi connectivity index (χ3n) is 5.28. The Bertz CT molecular complexity index is 1140. The molecule has 0 aliphatic carbocycles. The topological polar surface area (TPSA) is 95.3 Å². The lowest BCUT2D eigenvalue weighted by Crippen LogP contribution is -2.35. The minimum atomic E-state index is -0.396. The van der Waals surface area contributed by atoms with Crippen LogP contribution in [0.2, 0.25) is 0 Å². The number of aromatic nitrogens is 1. The molecule has 4 rings (SSSR count). The SMILES string of the molecule is N#Cc1c(NC(=O)CCc2ccccc2)sc2c1CCN(C(=O)OCc1ccncc1)C2. The van der Waals surface area contributed by atoms with Crippen LogP contribution in [0.25, 0.3) is 0 Å². The van der Waals surface area contributed by atoms with Crippen LogP contribution in [0.15, 0.2) is 54.9 Å². The molecule has 0 unspecified atom stereocenters. The highest BCUT2D eigenvalue weighted by atomic mass is 32.1. The number of fused-ring (bicyclic) bond motifs is 1.